The van der Waals surface area contributed by atoms with E-state index in [2.05, 4.69) is 25.7 Å². The van der Waals surface area contributed by atoms with Crippen LogP contribution in [0, 0.1) is 0 Å². The van der Waals surface area contributed by atoms with E-state index in [1.165, 1.54) is 0 Å². The molecule has 3 heteroatoms. The number of benzene rings is 2. The van der Waals surface area contributed by atoms with E-state index in [1.54, 1.807) is 0 Å². The highest BCUT2D eigenvalue weighted by Gasteiger charge is 2.43. The summed E-state index contributed by atoms with van der Waals surface area (Å²) in [5.74, 6) is -0.170. The number of nitrogens with zero attached hydrogens (tertiary/aromatic N) is 1. The van der Waals surface area contributed by atoms with Gasteiger partial charge < -0.3 is 4.74 Å². The Balaban J connectivity index is 2.51. The molecule has 0 radical (unpaired) electrons. The van der Waals surface area contributed by atoms with Crippen LogP contribution in [0.3, 0.4) is 0 Å². The van der Waals surface area contributed by atoms with Crippen molar-refractivity contribution in [2.24, 2.45) is 0 Å². The zero-order valence-electron chi connectivity index (χ0n) is 16.4. The van der Waals surface area contributed by atoms with Crippen molar-refractivity contribution in [3.05, 3.63) is 71.8 Å². The lowest BCUT2D eigenvalue weighted by molar-refractivity contribution is -0.163. The first kappa shape index (κ1) is 20.2. The summed E-state index contributed by atoms with van der Waals surface area (Å²) >= 11 is 0. The van der Waals surface area contributed by atoms with E-state index in [9.17, 15) is 4.79 Å². The number of rotatable bonds is 9. The third kappa shape index (κ3) is 4.16. The molecule has 26 heavy (non-hydrogen) atoms. The van der Waals surface area contributed by atoms with Gasteiger partial charge in [0.05, 0.1) is 0 Å². The quantitative estimate of drug-likeness (QED) is 0.469. The normalized spacial score (nSPS) is 12.8. The second kappa shape index (κ2) is 9.54. The molecule has 0 aliphatic heterocycles. The van der Waals surface area contributed by atoms with Gasteiger partial charge in [-0.05, 0) is 37.6 Å². The molecule has 0 aromatic heterocycles. The molecule has 0 aliphatic rings. The molecular formula is C23H31NO2. The molecule has 3 nitrogen and oxygen atoms in total. The largest absolute Gasteiger partial charge is 0.446 e. The minimum absolute atomic E-state index is 0.170. The van der Waals surface area contributed by atoms with Crippen LogP contribution in [0.15, 0.2) is 60.7 Å². The van der Waals surface area contributed by atoms with E-state index >= 15 is 0 Å². The van der Waals surface area contributed by atoms with Crippen molar-refractivity contribution < 1.29 is 9.53 Å². The summed E-state index contributed by atoms with van der Waals surface area (Å²) in [6, 6.07) is 20.1. The molecule has 0 saturated carbocycles. The standard InChI is InChI=1S/C23H31NO2/c1-5-18-23(20-14-10-8-11-15-20,21-16-12-9-13-17-21)22(25)26-19(4)24(6-2)7-3/h8-17,19H,5-7,18H2,1-4H3. The lowest BCUT2D eigenvalue weighted by Crippen LogP contribution is -2.44. The number of hydrogen-bond donors (Lipinski definition) is 0. The van der Waals surface area contributed by atoms with Gasteiger partial charge in [-0.25, -0.2) is 0 Å². The van der Waals surface area contributed by atoms with Crippen LogP contribution >= 0.6 is 0 Å². The van der Waals surface area contributed by atoms with Crippen molar-refractivity contribution in [1.29, 1.82) is 0 Å². The number of carbonyl (C=O) groups excluding carboxylic acids is 1. The van der Waals surface area contributed by atoms with Gasteiger partial charge in [0, 0.05) is 0 Å². The van der Waals surface area contributed by atoms with Crippen molar-refractivity contribution in [2.45, 2.75) is 52.2 Å². The van der Waals surface area contributed by atoms with Crippen LogP contribution in [-0.2, 0) is 14.9 Å². The van der Waals surface area contributed by atoms with Crippen molar-refractivity contribution >= 4 is 5.97 Å². The van der Waals surface area contributed by atoms with Gasteiger partial charge in [-0.2, -0.15) is 0 Å². The monoisotopic (exact) mass is 353 g/mol. The molecular weight excluding hydrogens is 322 g/mol. The topological polar surface area (TPSA) is 29.5 Å². The molecule has 0 spiro atoms. The molecule has 140 valence electrons. The second-order valence-corrected chi connectivity index (χ2v) is 6.61. The summed E-state index contributed by atoms with van der Waals surface area (Å²) in [5.41, 5.74) is 1.20. The minimum Gasteiger partial charge on any atom is -0.446 e. The maximum atomic E-state index is 13.6. The molecule has 0 fully saturated rings. The molecule has 0 bridgehead atoms. The Morgan fingerprint density at radius 3 is 1.77 bits per heavy atom. The molecule has 1 unspecified atom stereocenters. The van der Waals surface area contributed by atoms with Crippen LogP contribution < -0.4 is 0 Å². The number of carbonyl (C=O) groups is 1. The number of ether oxygens (including phenoxy) is 1. The molecule has 2 aromatic carbocycles. The smallest absolute Gasteiger partial charge is 0.322 e. The lowest BCUT2D eigenvalue weighted by atomic mass is 9.71. The van der Waals surface area contributed by atoms with Crippen LogP contribution in [0.1, 0.15) is 51.7 Å². The van der Waals surface area contributed by atoms with Gasteiger partial charge in [0.2, 0.25) is 0 Å². The third-order valence-corrected chi connectivity index (χ3v) is 5.11. The Morgan fingerprint density at radius 1 is 0.923 bits per heavy atom. The highest BCUT2D eigenvalue weighted by atomic mass is 16.6. The number of hydrogen-bond acceptors (Lipinski definition) is 3. The van der Waals surface area contributed by atoms with Gasteiger partial charge in [0.25, 0.3) is 0 Å². The SMILES string of the molecule is CCCC(C(=O)OC(C)N(CC)CC)(c1ccccc1)c1ccccc1. The fourth-order valence-electron chi connectivity index (χ4n) is 3.68. The first-order chi connectivity index (χ1) is 12.6. The van der Waals surface area contributed by atoms with Gasteiger partial charge in [-0.1, -0.05) is 87.9 Å². The Bertz CT molecular complexity index is 626. The maximum Gasteiger partial charge on any atom is 0.322 e. The molecule has 2 rings (SSSR count). The van der Waals surface area contributed by atoms with E-state index in [-0.39, 0.29) is 12.2 Å². The van der Waals surface area contributed by atoms with Gasteiger partial charge in [0.15, 0.2) is 6.23 Å². The van der Waals surface area contributed by atoms with Crippen molar-refractivity contribution in [3.63, 3.8) is 0 Å². The third-order valence-electron chi connectivity index (χ3n) is 5.11. The maximum absolute atomic E-state index is 13.6. The first-order valence-electron chi connectivity index (χ1n) is 9.66. The van der Waals surface area contributed by atoms with Crippen molar-refractivity contribution in [2.75, 3.05) is 13.1 Å². The Kier molecular flexibility index (Phi) is 7.40. The van der Waals surface area contributed by atoms with Gasteiger partial charge in [-0.3, -0.25) is 9.69 Å². The fraction of sp³-hybridized carbons (Fsp3) is 0.435. The minimum atomic E-state index is -0.779. The van der Waals surface area contributed by atoms with Crippen LogP contribution in [-0.4, -0.2) is 30.2 Å². The van der Waals surface area contributed by atoms with Gasteiger partial charge in [0.1, 0.15) is 5.41 Å². The average molecular weight is 354 g/mol. The Labute approximate surface area is 158 Å². The van der Waals surface area contributed by atoms with Crippen LogP contribution in [0.5, 0.6) is 0 Å². The predicted octanol–water partition coefficient (Wildman–Crippen LogP) is 5.00. The van der Waals surface area contributed by atoms with Crippen LogP contribution in [0.25, 0.3) is 0 Å². The zero-order valence-corrected chi connectivity index (χ0v) is 16.4. The average Bonchev–Trinajstić information content (AvgIpc) is 2.68. The molecule has 0 N–H and O–H groups in total. The van der Waals surface area contributed by atoms with Gasteiger partial charge in [-0.15, -0.1) is 0 Å². The molecule has 1 atom stereocenters. The van der Waals surface area contributed by atoms with E-state index in [4.69, 9.17) is 4.74 Å². The summed E-state index contributed by atoms with van der Waals surface area (Å²) in [6.07, 6.45) is 1.35. The number of esters is 1. The summed E-state index contributed by atoms with van der Waals surface area (Å²) in [5, 5.41) is 0. The van der Waals surface area contributed by atoms with E-state index < -0.39 is 5.41 Å². The molecule has 0 saturated heterocycles. The van der Waals surface area contributed by atoms with Crippen molar-refractivity contribution in [1.82, 2.24) is 4.90 Å². The predicted molar refractivity (Wildman–Crippen MR) is 107 cm³/mol. The van der Waals surface area contributed by atoms with E-state index in [1.807, 2.05) is 67.6 Å². The summed E-state index contributed by atoms with van der Waals surface area (Å²) in [6.45, 7) is 9.94. The Hall–Kier alpha value is -2.13. The second-order valence-electron chi connectivity index (χ2n) is 6.61. The van der Waals surface area contributed by atoms with E-state index in [0.29, 0.717) is 6.42 Å². The van der Waals surface area contributed by atoms with Crippen molar-refractivity contribution in [3.8, 4) is 0 Å². The summed E-state index contributed by atoms with van der Waals surface area (Å²) in [4.78, 5) is 15.7. The Morgan fingerprint density at radius 2 is 1.38 bits per heavy atom. The first-order valence-corrected chi connectivity index (χ1v) is 9.66. The zero-order chi connectivity index (χ0) is 19.0. The highest BCUT2D eigenvalue weighted by Crippen LogP contribution is 2.38. The molecule has 0 aliphatic carbocycles. The van der Waals surface area contributed by atoms with Crippen LogP contribution in [0.2, 0.25) is 0 Å². The summed E-state index contributed by atoms with van der Waals surface area (Å²) < 4.78 is 6.01. The van der Waals surface area contributed by atoms with Crippen LogP contribution in [0.4, 0.5) is 0 Å². The fourth-order valence-corrected chi connectivity index (χ4v) is 3.68. The molecule has 2 aromatic rings. The lowest BCUT2D eigenvalue weighted by Gasteiger charge is -2.35. The van der Waals surface area contributed by atoms with E-state index in [0.717, 1.165) is 30.6 Å². The molecule has 0 heterocycles. The summed E-state index contributed by atoms with van der Waals surface area (Å²) in [7, 11) is 0. The van der Waals surface area contributed by atoms with Gasteiger partial charge >= 0.3 is 5.97 Å². The highest BCUT2D eigenvalue weighted by molar-refractivity contribution is 5.87. The molecule has 0 amide bonds.